The number of hydrogen-bond donors (Lipinski definition) is 0. The van der Waals surface area contributed by atoms with Crippen LogP contribution in [0.1, 0.15) is 17.4 Å². The Morgan fingerprint density at radius 1 is 1.62 bits per heavy atom. The number of esters is 1. The summed E-state index contributed by atoms with van der Waals surface area (Å²) in [5.41, 5.74) is 0.358. The summed E-state index contributed by atoms with van der Waals surface area (Å²) in [7, 11) is 1.65. The van der Waals surface area contributed by atoms with Crippen LogP contribution in [0.15, 0.2) is 6.07 Å². The van der Waals surface area contributed by atoms with Gasteiger partial charge in [-0.25, -0.2) is 4.79 Å². The lowest BCUT2D eigenvalue weighted by Gasteiger charge is -2.02. The van der Waals surface area contributed by atoms with Crippen LogP contribution in [-0.2, 0) is 11.8 Å². The first-order valence-electron chi connectivity index (χ1n) is 3.75. The number of ether oxygens (including phenoxy) is 1. The summed E-state index contributed by atoms with van der Waals surface area (Å²) in [5, 5.41) is 0.692. The Labute approximate surface area is 86.2 Å². The van der Waals surface area contributed by atoms with E-state index in [9.17, 15) is 4.79 Å². The minimum Gasteiger partial charge on any atom is -0.461 e. The zero-order valence-corrected chi connectivity index (χ0v) is 8.82. The van der Waals surface area contributed by atoms with Gasteiger partial charge >= 0.3 is 5.97 Å². The fourth-order valence-electron chi connectivity index (χ4n) is 0.943. The van der Waals surface area contributed by atoms with Crippen molar-refractivity contribution in [2.75, 3.05) is 6.61 Å². The van der Waals surface area contributed by atoms with Gasteiger partial charge in [0.15, 0.2) is 0 Å². The van der Waals surface area contributed by atoms with Crippen molar-refractivity contribution in [1.29, 1.82) is 0 Å². The van der Waals surface area contributed by atoms with Crippen LogP contribution < -0.4 is 0 Å². The van der Waals surface area contributed by atoms with Gasteiger partial charge in [0.05, 0.1) is 11.6 Å². The van der Waals surface area contributed by atoms with E-state index in [0.717, 1.165) is 0 Å². The highest BCUT2D eigenvalue weighted by Gasteiger charge is 2.15. The molecule has 1 aromatic rings. The minimum absolute atomic E-state index is 0.333. The average molecular weight is 222 g/mol. The first-order chi connectivity index (χ1) is 6.07. The number of aromatic nitrogens is 1. The zero-order chi connectivity index (χ0) is 10.0. The molecule has 0 amide bonds. The van der Waals surface area contributed by atoms with Crippen LogP contribution in [0, 0.1) is 0 Å². The molecule has 3 nitrogen and oxygen atoms in total. The molecule has 72 valence electrons. The van der Waals surface area contributed by atoms with Gasteiger partial charge in [0.25, 0.3) is 0 Å². The second-order valence-electron chi connectivity index (χ2n) is 2.45. The minimum atomic E-state index is -0.418. The van der Waals surface area contributed by atoms with E-state index < -0.39 is 5.97 Å². The van der Waals surface area contributed by atoms with Crippen molar-refractivity contribution >= 4 is 29.2 Å². The quantitative estimate of drug-likeness (QED) is 0.720. The van der Waals surface area contributed by atoms with Crippen LogP contribution in [0.4, 0.5) is 0 Å². The molecule has 0 atom stereocenters. The van der Waals surface area contributed by atoms with Crippen LogP contribution >= 0.6 is 23.2 Å². The Morgan fingerprint density at radius 2 is 2.23 bits per heavy atom. The molecule has 0 unspecified atom stereocenters. The van der Waals surface area contributed by atoms with E-state index >= 15 is 0 Å². The van der Waals surface area contributed by atoms with Gasteiger partial charge in [-0.1, -0.05) is 23.2 Å². The molecule has 0 fully saturated rings. The summed E-state index contributed by atoms with van der Waals surface area (Å²) in [5.74, 6) is -0.418. The Balaban J connectivity index is 3.01. The lowest BCUT2D eigenvalue weighted by atomic mass is 10.4. The fourth-order valence-corrected chi connectivity index (χ4v) is 1.32. The van der Waals surface area contributed by atoms with Gasteiger partial charge in [-0.3, -0.25) is 0 Å². The molecule has 0 saturated heterocycles. The van der Waals surface area contributed by atoms with Crippen molar-refractivity contribution in [3.63, 3.8) is 0 Å². The molecule has 0 saturated carbocycles. The number of hydrogen-bond acceptors (Lipinski definition) is 2. The van der Waals surface area contributed by atoms with E-state index in [1.165, 1.54) is 10.6 Å². The van der Waals surface area contributed by atoms with E-state index in [0.29, 0.717) is 22.5 Å². The molecule has 0 aliphatic heterocycles. The lowest BCUT2D eigenvalue weighted by molar-refractivity contribution is 0.0515. The molecule has 0 aromatic carbocycles. The van der Waals surface area contributed by atoms with E-state index in [4.69, 9.17) is 27.9 Å². The van der Waals surface area contributed by atoms with Crippen molar-refractivity contribution < 1.29 is 9.53 Å². The third-order valence-electron chi connectivity index (χ3n) is 1.60. The molecule has 0 N–H and O–H groups in total. The molecule has 1 aromatic heterocycles. The zero-order valence-electron chi connectivity index (χ0n) is 7.30. The summed E-state index contributed by atoms with van der Waals surface area (Å²) < 4.78 is 6.29. The van der Waals surface area contributed by atoms with E-state index in [-0.39, 0.29) is 0 Å². The van der Waals surface area contributed by atoms with Crippen molar-refractivity contribution in [2.24, 2.45) is 7.05 Å². The van der Waals surface area contributed by atoms with Crippen LogP contribution in [0.3, 0.4) is 0 Å². The monoisotopic (exact) mass is 221 g/mol. The number of nitrogens with zero attached hydrogens (tertiary/aromatic N) is 1. The van der Waals surface area contributed by atoms with E-state index in [1.807, 2.05) is 0 Å². The first-order valence-corrected chi connectivity index (χ1v) is 4.51. The molecule has 1 rings (SSSR count). The number of rotatable bonds is 2. The molecule has 0 aliphatic carbocycles. The number of carbonyl (C=O) groups excluding carboxylic acids is 1. The maximum absolute atomic E-state index is 11.3. The summed E-state index contributed by atoms with van der Waals surface area (Å²) in [6, 6.07) is 1.49. The molecule has 1 heterocycles. The molecule has 0 aliphatic rings. The van der Waals surface area contributed by atoms with Gasteiger partial charge < -0.3 is 9.30 Å². The highest BCUT2D eigenvalue weighted by atomic mass is 35.5. The van der Waals surface area contributed by atoms with Crippen molar-refractivity contribution in [3.8, 4) is 0 Å². The van der Waals surface area contributed by atoms with E-state index in [2.05, 4.69) is 0 Å². The molecule has 5 heteroatoms. The molecular weight excluding hydrogens is 213 g/mol. The van der Waals surface area contributed by atoms with Gasteiger partial charge in [0, 0.05) is 7.05 Å². The molecule has 0 bridgehead atoms. The summed E-state index contributed by atoms with van der Waals surface area (Å²) >= 11 is 11.5. The van der Waals surface area contributed by atoms with Gasteiger partial charge in [-0.2, -0.15) is 0 Å². The van der Waals surface area contributed by atoms with Crippen molar-refractivity contribution in [3.05, 3.63) is 21.9 Å². The van der Waals surface area contributed by atoms with Crippen molar-refractivity contribution in [1.82, 2.24) is 4.57 Å². The SMILES string of the molecule is CCOC(=O)c1cc(Cl)c(Cl)n1C. The molecule has 0 spiro atoms. The van der Waals surface area contributed by atoms with Gasteiger partial charge in [-0.15, -0.1) is 0 Å². The Hall–Kier alpha value is -0.670. The Kier molecular flexibility index (Phi) is 3.22. The van der Waals surface area contributed by atoms with Crippen LogP contribution in [0.2, 0.25) is 10.2 Å². The number of carbonyl (C=O) groups is 1. The van der Waals surface area contributed by atoms with E-state index in [1.54, 1.807) is 14.0 Å². The van der Waals surface area contributed by atoms with Crippen LogP contribution in [0.25, 0.3) is 0 Å². The Morgan fingerprint density at radius 3 is 2.62 bits per heavy atom. The maximum atomic E-state index is 11.3. The third kappa shape index (κ3) is 1.98. The lowest BCUT2D eigenvalue weighted by Crippen LogP contribution is -2.09. The average Bonchev–Trinajstić information content (AvgIpc) is 2.33. The fraction of sp³-hybridized carbons (Fsp3) is 0.375. The maximum Gasteiger partial charge on any atom is 0.355 e. The predicted molar refractivity (Wildman–Crippen MR) is 51.4 cm³/mol. The molecular formula is C8H9Cl2NO2. The number of halogens is 2. The third-order valence-corrected chi connectivity index (χ3v) is 2.44. The van der Waals surface area contributed by atoms with Crippen molar-refractivity contribution in [2.45, 2.75) is 6.92 Å². The van der Waals surface area contributed by atoms with Gasteiger partial charge in [0.1, 0.15) is 10.8 Å². The summed E-state index contributed by atoms with van der Waals surface area (Å²) in [6.07, 6.45) is 0. The largest absolute Gasteiger partial charge is 0.461 e. The first kappa shape index (κ1) is 10.4. The highest BCUT2D eigenvalue weighted by Crippen LogP contribution is 2.25. The normalized spacial score (nSPS) is 10.2. The summed E-state index contributed by atoms with van der Waals surface area (Å²) in [6.45, 7) is 2.07. The predicted octanol–water partition coefficient (Wildman–Crippen LogP) is 2.51. The smallest absolute Gasteiger partial charge is 0.355 e. The molecule has 13 heavy (non-hydrogen) atoms. The Bertz CT molecular complexity index is 333. The molecule has 0 radical (unpaired) electrons. The standard InChI is InChI=1S/C8H9Cl2NO2/c1-3-13-8(12)6-4-5(9)7(10)11(6)2/h4H,3H2,1-2H3. The summed E-state index contributed by atoms with van der Waals surface area (Å²) in [4.78, 5) is 11.3. The van der Waals surface area contributed by atoms with Gasteiger partial charge in [-0.05, 0) is 13.0 Å². The second-order valence-corrected chi connectivity index (χ2v) is 3.21. The topological polar surface area (TPSA) is 31.2 Å². The van der Waals surface area contributed by atoms with Crippen LogP contribution in [0.5, 0.6) is 0 Å². The highest BCUT2D eigenvalue weighted by molar-refractivity contribution is 6.41. The van der Waals surface area contributed by atoms with Crippen LogP contribution in [-0.4, -0.2) is 17.1 Å². The second kappa shape index (κ2) is 4.03. The van der Waals surface area contributed by atoms with Gasteiger partial charge in [0.2, 0.25) is 0 Å².